The van der Waals surface area contributed by atoms with E-state index in [1.807, 2.05) is 24.3 Å². The van der Waals surface area contributed by atoms with Gasteiger partial charge >= 0.3 is 0 Å². The lowest BCUT2D eigenvalue weighted by atomic mass is 10.1. The Morgan fingerprint density at radius 1 is 1.30 bits per heavy atom. The van der Waals surface area contributed by atoms with Gasteiger partial charge in [-0.1, -0.05) is 23.7 Å². The van der Waals surface area contributed by atoms with Gasteiger partial charge in [0.1, 0.15) is 0 Å². The van der Waals surface area contributed by atoms with Crippen molar-refractivity contribution in [3.8, 4) is 0 Å². The SMILES string of the molecule is Cl.O=C(CSCc1ccc(Cl)cc1)NC1CCNCC1. The molecular formula is C14H20Cl2N2OS. The van der Waals surface area contributed by atoms with Gasteiger partial charge in [0.2, 0.25) is 5.91 Å². The van der Waals surface area contributed by atoms with Crippen molar-refractivity contribution in [1.82, 2.24) is 10.6 Å². The molecule has 2 N–H and O–H groups in total. The Kier molecular flexibility index (Phi) is 8.38. The monoisotopic (exact) mass is 334 g/mol. The molecule has 1 fully saturated rings. The number of piperidine rings is 1. The van der Waals surface area contributed by atoms with Crippen LogP contribution in [0.5, 0.6) is 0 Å². The van der Waals surface area contributed by atoms with Crippen molar-refractivity contribution in [2.45, 2.75) is 24.6 Å². The molecule has 6 heteroatoms. The molecule has 0 unspecified atom stereocenters. The molecule has 0 bridgehead atoms. The molecule has 20 heavy (non-hydrogen) atoms. The number of thioether (sulfide) groups is 1. The van der Waals surface area contributed by atoms with Gasteiger partial charge in [-0.15, -0.1) is 24.2 Å². The highest BCUT2D eigenvalue weighted by Gasteiger charge is 2.14. The van der Waals surface area contributed by atoms with Gasteiger partial charge in [-0.25, -0.2) is 0 Å². The Labute approximate surface area is 135 Å². The van der Waals surface area contributed by atoms with Crippen LogP contribution in [0.3, 0.4) is 0 Å². The van der Waals surface area contributed by atoms with Gasteiger partial charge in [0, 0.05) is 16.8 Å². The highest BCUT2D eigenvalue weighted by Crippen LogP contribution is 2.15. The number of rotatable bonds is 5. The zero-order valence-corrected chi connectivity index (χ0v) is 13.6. The van der Waals surface area contributed by atoms with E-state index in [1.54, 1.807) is 11.8 Å². The number of benzene rings is 1. The van der Waals surface area contributed by atoms with Crippen LogP contribution in [0.15, 0.2) is 24.3 Å². The van der Waals surface area contributed by atoms with Gasteiger partial charge in [0.15, 0.2) is 0 Å². The van der Waals surface area contributed by atoms with Crippen molar-refractivity contribution in [2.75, 3.05) is 18.8 Å². The fourth-order valence-electron chi connectivity index (χ4n) is 2.08. The molecule has 112 valence electrons. The minimum atomic E-state index is 0. The maximum Gasteiger partial charge on any atom is 0.230 e. The first-order chi connectivity index (χ1) is 9.24. The molecule has 1 heterocycles. The van der Waals surface area contributed by atoms with E-state index in [-0.39, 0.29) is 18.3 Å². The molecule has 1 aromatic carbocycles. The van der Waals surface area contributed by atoms with E-state index in [2.05, 4.69) is 10.6 Å². The highest BCUT2D eigenvalue weighted by atomic mass is 35.5. The number of nitrogens with one attached hydrogen (secondary N) is 2. The van der Waals surface area contributed by atoms with Crippen molar-refractivity contribution in [3.05, 3.63) is 34.9 Å². The second kappa shape index (κ2) is 9.50. The van der Waals surface area contributed by atoms with Crippen LogP contribution < -0.4 is 10.6 Å². The Morgan fingerprint density at radius 2 is 1.95 bits per heavy atom. The van der Waals surface area contributed by atoms with Crippen molar-refractivity contribution in [1.29, 1.82) is 0 Å². The molecule has 3 nitrogen and oxygen atoms in total. The van der Waals surface area contributed by atoms with Gasteiger partial charge in [0.25, 0.3) is 0 Å². The Hall–Kier alpha value is -0.420. The number of hydrogen-bond donors (Lipinski definition) is 2. The summed E-state index contributed by atoms with van der Waals surface area (Å²) in [6.45, 7) is 2.01. The number of carbonyl (C=O) groups is 1. The van der Waals surface area contributed by atoms with Gasteiger partial charge < -0.3 is 10.6 Å². The van der Waals surface area contributed by atoms with E-state index in [4.69, 9.17) is 11.6 Å². The molecule has 0 aliphatic carbocycles. The van der Waals surface area contributed by atoms with Gasteiger partial charge in [0.05, 0.1) is 5.75 Å². The van der Waals surface area contributed by atoms with Crippen LogP contribution in [0.4, 0.5) is 0 Å². The number of halogens is 2. The molecule has 1 saturated heterocycles. The second-order valence-corrected chi connectivity index (χ2v) is 6.13. The molecule has 1 aromatic rings. The van der Waals surface area contributed by atoms with Crippen molar-refractivity contribution < 1.29 is 4.79 Å². The zero-order chi connectivity index (χ0) is 13.5. The van der Waals surface area contributed by atoms with Crippen LogP contribution in [-0.4, -0.2) is 30.8 Å². The first kappa shape index (κ1) is 17.6. The molecule has 0 saturated carbocycles. The third-order valence-corrected chi connectivity index (χ3v) is 4.38. The van der Waals surface area contributed by atoms with Crippen molar-refractivity contribution >= 4 is 41.7 Å². The summed E-state index contributed by atoms with van der Waals surface area (Å²) in [5, 5.41) is 7.13. The van der Waals surface area contributed by atoms with Crippen LogP contribution >= 0.6 is 35.8 Å². The maximum atomic E-state index is 11.8. The summed E-state index contributed by atoms with van der Waals surface area (Å²) in [5.74, 6) is 1.51. The Balaban J connectivity index is 0.00000200. The fourth-order valence-corrected chi connectivity index (χ4v) is 3.00. The quantitative estimate of drug-likeness (QED) is 0.869. The van der Waals surface area contributed by atoms with Crippen LogP contribution in [0.1, 0.15) is 18.4 Å². The predicted molar refractivity (Wildman–Crippen MR) is 88.9 cm³/mol. The molecule has 0 radical (unpaired) electrons. The lowest BCUT2D eigenvalue weighted by Crippen LogP contribution is -2.43. The van der Waals surface area contributed by atoms with E-state index < -0.39 is 0 Å². The molecule has 1 aliphatic heterocycles. The third-order valence-electron chi connectivity index (χ3n) is 3.12. The normalized spacial score (nSPS) is 15.4. The van der Waals surface area contributed by atoms with E-state index in [0.717, 1.165) is 36.7 Å². The third kappa shape index (κ3) is 6.35. The second-order valence-electron chi connectivity index (χ2n) is 4.71. The summed E-state index contributed by atoms with van der Waals surface area (Å²) in [5.41, 5.74) is 1.20. The van der Waals surface area contributed by atoms with Crippen LogP contribution in [0.25, 0.3) is 0 Å². The van der Waals surface area contributed by atoms with Gasteiger partial charge in [-0.2, -0.15) is 0 Å². The standard InChI is InChI=1S/C14H19ClN2OS.ClH/c15-12-3-1-11(2-4-12)9-19-10-14(18)17-13-5-7-16-8-6-13;/h1-4,13,16H,5-10H2,(H,17,18);1H. The van der Waals surface area contributed by atoms with E-state index in [0.29, 0.717) is 11.8 Å². The number of hydrogen-bond acceptors (Lipinski definition) is 3. The van der Waals surface area contributed by atoms with Crippen molar-refractivity contribution in [3.63, 3.8) is 0 Å². The van der Waals surface area contributed by atoms with E-state index >= 15 is 0 Å². The lowest BCUT2D eigenvalue weighted by Gasteiger charge is -2.23. The number of carbonyl (C=O) groups excluding carboxylic acids is 1. The van der Waals surface area contributed by atoms with Crippen LogP contribution in [0.2, 0.25) is 5.02 Å². The molecule has 2 rings (SSSR count). The summed E-state index contributed by atoms with van der Waals surface area (Å²) in [6.07, 6.45) is 2.07. The Morgan fingerprint density at radius 3 is 2.60 bits per heavy atom. The topological polar surface area (TPSA) is 41.1 Å². The smallest absolute Gasteiger partial charge is 0.230 e. The van der Waals surface area contributed by atoms with Crippen molar-refractivity contribution in [2.24, 2.45) is 0 Å². The summed E-state index contributed by atoms with van der Waals surface area (Å²) in [6, 6.07) is 8.11. The molecule has 1 amide bonds. The number of amides is 1. The first-order valence-corrected chi connectivity index (χ1v) is 8.09. The maximum absolute atomic E-state index is 11.8. The average molecular weight is 335 g/mol. The summed E-state index contributed by atoms with van der Waals surface area (Å²) in [7, 11) is 0. The average Bonchev–Trinajstić information content (AvgIpc) is 2.42. The lowest BCUT2D eigenvalue weighted by molar-refractivity contribution is -0.119. The predicted octanol–water partition coefficient (Wildman–Crippen LogP) is 2.86. The van der Waals surface area contributed by atoms with Gasteiger partial charge in [-0.05, 0) is 43.6 Å². The highest BCUT2D eigenvalue weighted by molar-refractivity contribution is 7.99. The van der Waals surface area contributed by atoms with E-state index in [1.165, 1.54) is 5.56 Å². The first-order valence-electron chi connectivity index (χ1n) is 6.56. The zero-order valence-electron chi connectivity index (χ0n) is 11.2. The van der Waals surface area contributed by atoms with Crippen LogP contribution in [-0.2, 0) is 10.5 Å². The van der Waals surface area contributed by atoms with E-state index in [9.17, 15) is 4.79 Å². The molecule has 1 aliphatic rings. The molecule has 0 spiro atoms. The molecule has 0 atom stereocenters. The fraction of sp³-hybridized carbons (Fsp3) is 0.500. The van der Waals surface area contributed by atoms with Crippen LogP contribution in [0, 0.1) is 0 Å². The summed E-state index contributed by atoms with van der Waals surface area (Å²) >= 11 is 7.47. The summed E-state index contributed by atoms with van der Waals surface area (Å²) < 4.78 is 0. The Bertz CT molecular complexity index is 408. The molecular weight excluding hydrogens is 315 g/mol. The minimum Gasteiger partial charge on any atom is -0.353 e. The summed E-state index contributed by atoms with van der Waals surface area (Å²) in [4.78, 5) is 11.8. The minimum absolute atomic E-state index is 0. The largest absolute Gasteiger partial charge is 0.353 e. The molecule has 0 aromatic heterocycles. The van der Waals surface area contributed by atoms with Gasteiger partial charge in [-0.3, -0.25) is 4.79 Å².